The number of ether oxygens (including phenoxy) is 5. The zero-order valence-electron chi connectivity index (χ0n) is 36.4. The molecular weight excluding hydrogens is 852 g/mol. The molecule has 8 rings (SSSR count). The van der Waals surface area contributed by atoms with E-state index in [1.165, 1.54) is 11.5 Å². The minimum absolute atomic E-state index is 0.00177. The van der Waals surface area contributed by atoms with E-state index in [0.717, 1.165) is 76.6 Å². The first-order valence-electron chi connectivity index (χ1n) is 21.3. The van der Waals surface area contributed by atoms with Gasteiger partial charge in [-0.2, -0.15) is 4.37 Å². The Hall–Kier alpha value is -5.90. The van der Waals surface area contributed by atoms with E-state index in [4.69, 9.17) is 49.6 Å². The highest BCUT2D eigenvalue weighted by Crippen LogP contribution is 2.47. The molecule has 2 aliphatic rings. The summed E-state index contributed by atoms with van der Waals surface area (Å²) in [6.07, 6.45) is 3.34. The number of hydrogen-bond donors (Lipinski definition) is 1. The molecule has 1 saturated heterocycles. The second kappa shape index (κ2) is 20.7. The van der Waals surface area contributed by atoms with Gasteiger partial charge in [0.05, 0.1) is 40.2 Å². The Balaban J connectivity index is 1.08. The molecule has 0 saturated carbocycles. The summed E-state index contributed by atoms with van der Waals surface area (Å²) >= 11 is 8.37. The van der Waals surface area contributed by atoms with E-state index in [2.05, 4.69) is 21.8 Å². The molecule has 0 amide bonds. The standard InChI is InChI=1S/C49H51ClN6O7S/c1-31-37(16-17-40(45(31)50)61-25-24-56-22-20-55(2)21-23-56)43-44-42(28-52-46(43)33-12-9-13-36(26-33)60-4)64-54-48(44)63-41(49(57)58)27-32-10-6-8-15-39(32)62-30-35-18-19-51-47(53-35)38-14-7-5-11-34(38)29-59-3/h5-15,18-19,26,28,41H,16-17,20-25,27,29-30H2,1-4H3,(H,57,58)/t41-/m1/s1. The summed E-state index contributed by atoms with van der Waals surface area (Å²) in [6, 6.07) is 24.7. The van der Waals surface area contributed by atoms with E-state index in [1.54, 1.807) is 32.7 Å². The first kappa shape index (κ1) is 44.7. The van der Waals surface area contributed by atoms with Crippen molar-refractivity contribution in [2.24, 2.45) is 0 Å². The summed E-state index contributed by atoms with van der Waals surface area (Å²) in [4.78, 5) is 32.1. The van der Waals surface area contributed by atoms with Crippen molar-refractivity contribution in [1.29, 1.82) is 0 Å². The molecule has 3 aromatic heterocycles. The van der Waals surface area contributed by atoms with Crippen LogP contribution >= 0.6 is 23.1 Å². The first-order valence-corrected chi connectivity index (χ1v) is 22.4. The summed E-state index contributed by atoms with van der Waals surface area (Å²) < 4.78 is 35.6. The second-order valence-electron chi connectivity index (χ2n) is 15.8. The third kappa shape index (κ3) is 10.2. The normalized spacial score (nSPS) is 15.4. The van der Waals surface area contributed by atoms with Gasteiger partial charge in [0, 0.05) is 81.8 Å². The van der Waals surface area contributed by atoms with Gasteiger partial charge in [-0.15, -0.1) is 0 Å². The highest BCUT2D eigenvalue weighted by atomic mass is 35.5. The molecule has 1 N–H and O–H groups in total. The Labute approximate surface area is 382 Å². The van der Waals surface area contributed by atoms with Crippen LogP contribution in [-0.2, 0) is 33.9 Å². The average molecular weight is 904 g/mol. The van der Waals surface area contributed by atoms with Crippen LogP contribution in [0.2, 0.25) is 0 Å². The van der Waals surface area contributed by atoms with Crippen LogP contribution in [0.25, 0.3) is 38.3 Å². The Morgan fingerprint density at radius 1 is 0.922 bits per heavy atom. The summed E-state index contributed by atoms with van der Waals surface area (Å²) in [6.45, 7) is 8.04. The van der Waals surface area contributed by atoms with E-state index in [-0.39, 0.29) is 18.9 Å². The second-order valence-corrected chi connectivity index (χ2v) is 17.0. The van der Waals surface area contributed by atoms with Crippen LogP contribution < -0.4 is 14.2 Å². The maximum absolute atomic E-state index is 13.1. The van der Waals surface area contributed by atoms with E-state index in [1.807, 2.05) is 79.7 Å². The van der Waals surface area contributed by atoms with Gasteiger partial charge in [0.1, 0.15) is 30.5 Å². The van der Waals surface area contributed by atoms with Crippen LogP contribution in [0.3, 0.4) is 0 Å². The molecule has 0 unspecified atom stereocenters. The number of halogens is 1. The zero-order valence-corrected chi connectivity index (χ0v) is 38.0. The largest absolute Gasteiger partial charge is 0.497 e. The lowest BCUT2D eigenvalue weighted by molar-refractivity contribution is -0.145. The Kier molecular flexibility index (Phi) is 14.5. The Morgan fingerprint density at radius 2 is 1.72 bits per heavy atom. The fraction of sp³-hybridized carbons (Fsp3) is 0.327. The van der Waals surface area contributed by atoms with Gasteiger partial charge in [-0.25, -0.2) is 14.8 Å². The van der Waals surface area contributed by atoms with Crippen molar-refractivity contribution >= 4 is 44.8 Å². The third-order valence-electron chi connectivity index (χ3n) is 11.6. The number of aromatic nitrogens is 4. The molecule has 64 heavy (non-hydrogen) atoms. The van der Waals surface area contributed by atoms with Gasteiger partial charge in [0.15, 0.2) is 5.82 Å². The lowest BCUT2D eigenvalue weighted by Gasteiger charge is -2.32. The number of pyridine rings is 1. The average Bonchev–Trinajstić information content (AvgIpc) is 3.73. The number of aliphatic carboxylic acids is 1. The van der Waals surface area contributed by atoms with Crippen molar-refractivity contribution in [1.82, 2.24) is 29.1 Å². The van der Waals surface area contributed by atoms with Gasteiger partial charge in [-0.1, -0.05) is 66.2 Å². The van der Waals surface area contributed by atoms with Crippen LogP contribution in [-0.4, -0.2) is 107 Å². The Bertz CT molecular complexity index is 2680. The predicted octanol–water partition coefficient (Wildman–Crippen LogP) is 8.91. The van der Waals surface area contributed by atoms with Gasteiger partial charge in [-0.05, 0) is 78.5 Å². The van der Waals surface area contributed by atoms with Gasteiger partial charge in [0.25, 0.3) is 0 Å². The number of hydrogen-bond acceptors (Lipinski definition) is 13. The van der Waals surface area contributed by atoms with Crippen molar-refractivity contribution in [2.75, 3.05) is 60.6 Å². The highest BCUT2D eigenvalue weighted by Gasteiger charge is 2.30. The van der Waals surface area contributed by atoms with E-state index in [0.29, 0.717) is 70.7 Å². The van der Waals surface area contributed by atoms with Crippen LogP contribution in [0, 0.1) is 0 Å². The Morgan fingerprint density at radius 3 is 2.52 bits per heavy atom. The number of carboxylic acids is 1. The predicted molar refractivity (Wildman–Crippen MR) is 249 cm³/mol. The minimum Gasteiger partial charge on any atom is -0.497 e. The molecule has 4 heterocycles. The van der Waals surface area contributed by atoms with Crippen molar-refractivity contribution in [2.45, 2.75) is 45.5 Å². The van der Waals surface area contributed by atoms with Gasteiger partial charge >= 0.3 is 5.97 Å². The lowest BCUT2D eigenvalue weighted by Crippen LogP contribution is -2.45. The summed E-state index contributed by atoms with van der Waals surface area (Å²) in [5.41, 5.74) is 7.24. The molecule has 332 valence electrons. The van der Waals surface area contributed by atoms with Crippen molar-refractivity contribution in [3.8, 4) is 40.0 Å². The SMILES string of the molecule is COCc1ccccc1-c1nccc(COc2ccccc2C[C@@H](Oc2nsc3cnc(-c4cccc(OC)c4)c(C4=C(C)C(Cl)=C(OCCN5CCN(C)CC5)CC4)c23)C(=O)O)n1. The summed E-state index contributed by atoms with van der Waals surface area (Å²) in [5, 5.41) is 11.9. The maximum atomic E-state index is 13.1. The van der Waals surface area contributed by atoms with Gasteiger partial charge in [0.2, 0.25) is 12.0 Å². The number of carboxylic acid groups (broad SMARTS) is 1. The molecular formula is C49H51ClN6O7S. The zero-order chi connectivity index (χ0) is 44.6. The molecule has 13 nitrogen and oxygen atoms in total. The molecule has 0 bridgehead atoms. The number of nitrogens with zero attached hydrogens (tertiary/aromatic N) is 6. The number of allylic oxidation sites excluding steroid dienone is 4. The van der Waals surface area contributed by atoms with Crippen LogP contribution in [0.15, 0.2) is 108 Å². The highest BCUT2D eigenvalue weighted by molar-refractivity contribution is 7.13. The molecule has 1 aliphatic carbocycles. The van der Waals surface area contributed by atoms with Crippen LogP contribution in [0.1, 0.15) is 42.1 Å². The number of methoxy groups -OCH3 is 2. The molecule has 1 fully saturated rings. The van der Waals surface area contributed by atoms with E-state index >= 15 is 0 Å². The quantitative estimate of drug-likeness (QED) is 0.0879. The monoisotopic (exact) mass is 902 g/mol. The molecule has 0 spiro atoms. The summed E-state index contributed by atoms with van der Waals surface area (Å²) in [5.74, 6) is 1.56. The topological polar surface area (TPSA) is 141 Å². The van der Waals surface area contributed by atoms with Crippen molar-refractivity contribution in [3.05, 3.63) is 130 Å². The van der Waals surface area contributed by atoms with Crippen LogP contribution in [0.4, 0.5) is 0 Å². The van der Waals surface area contributed by atoms with Crippen molar-refractivity contribution < 1.29 is 33.6 Å². The first-order chi connectivity index (χ1) is 31.2. The van der Waals surface area contributed by atoms with Crippen molar-refractivity contribution in [3.63, 3.8) is 0 Å². The molecule has 1 aliphatic heterocycles. The molecule has 15 heteroatoms. The number of carbonyl (C=O) groups is 1. The summed E-state index contributed by atoms with van der Waals surface area (Å²) in [7, 11) is 5.43. The minimum atomic E-state index is -1.32. The number of rotatable bonds is 18. The molecule has 6 aromatic rings. The number of likely N-dealkylation sites (N-methyl/N-ethyl adjacent to an activating group) is 1. The number of benzene rings is 3. The number of para-hydroxylation sites is 1. The molecule has 0 radical (unpaired) electrons. The smallest absolute Gasteiger partial charge is 0.345 e. The molecule has 1 atom stereocenters. The fourth-order valence-corrected chi connectivity index (χ4v) is 9.03. The number of piperazine rings is 1. The van der Waals surface area contributed by atoms with E-state index < -0.39 is 12.1 Å². The van der Waals surface area contributed by atoms with E-state index in [9.17, 15) is 9.90 Å². The number of fused-ring (bicyclic) bond motifs is 1. The third-order valence-corrected chi connectivity index (χ3v) is 12.9. The van der Waals surface area contributed by atoms with Gasteiger partial charge in [-0.3, -0.25) is 9.88 Å². The van der Waals surface area contributed by atoms with Crippen LogP contribution in [0.5, 0.6) is 17.4 Å². The maximum Gasteiger partial charge on any atom is 0.345 e. The van der Waals surface area contributed by atoms with Gasteiger partial charge < -0.3 is 33.7 Å². The lowest BCUT2D eigenvalue weighted by atomic mass is 9.87. The fourth-order valence-electron chi connectivity index (χ4n) is 8.07. The molecule has 3 aromatic carbocycles.